The molecule has 0 N–H and O–H groups in total. The van der Waals surface area contributed by atoms with Crippen LogP contribution in [0.4, 0.5) is 0 Å². The molecule has 0 fully saturated rings. The Bertz CT molecular complexity index is 1520. The standard InChI is InChI=1S/C39H50O2S4/c1-28(2)29(3)40-26-14-10-8-12-16-31-18-20-33(42-31)35-22-24-37(44-35)38-25-23-36(45-38)34-21-19-32(43-34)17-13-9-11-15-27-41-30(4)39(5,6)7/h18-25H,1,3-4,8-17,26-27H2,2,5-7H3. The van der Waals surface area contributed by atoms with Crippen LogP contribution in [-0.4, -0.2) is 13.2 Å². The molecule has 45 heavy (non-hydrogen) atoms. The molecule has 4 heterocycles. The second kappa shape index (κ2) is 17.5. The van der Waals surface area contributed by atoms with E-state index in [9.17, 15) is 0 Å². The molecule has 0 aliphatic carbocycles. The molecule has 0 aliphatic heterocycles. The largest absolute Gasteiger partial charge is 0.498 e. The van der Waals surface area contributed by atoms with E-state index in [0.29, 0.717) is 5.76 Å². The predicted molar refractivity (Wildman–Crippen MR) is 203 cm³/mol. The average molecular weight is 679 g/mol. The van der Waals surface area contributed by atoms with E-state index >= 15 is 0 Å². The summed E-state index contributed by atoms with van der Waals surface area (Å²) in [4.78, 5) is 11.2. The van der Waals surface area contributed by atoms with Crippen molar-refractivity contribution in [2.24, 2.45) is 5.41 Å². The summed E-state index contributed by atoms with van der Waals surface area (Å²) in [5.74, 6) is 1.61. The Morgan fingerprint density at radius 1 is 0.533 bits per heavy atom. The summed E-state index contributed by atoms with van der Waals surface area (Å²) in [5, 5.41) is 0. The molecule has 0 saturated heterocycles. The van der Waals surface area contributed by atoms with E-state index in [-0.39, 0.29) is 5.41 Å². The fraction of sp³-hybridized carbons (Fsp3) is 0.436. The topological polar surface area (TPSA) is 18.5 Å². The van der Waals surface area contributed by atoms with Crippen LogP contribution < -0.4 is 0 Å². The Labute approximate surface area is 288 Å². The van der Waals surface area contributed by atoms with E-state index in [2.05, 4.69) is 89.0 Å². The Balaban J connectivity index is 1.17. The van der Waals surface area contributed by atoms with Gasteiger partial charge in [-0.05, 0) is 99.6 Å². The van der Waals surface area contributed by atoms with Crippen molar-refractivity contribution in [2.45, 2.75) is 91.9 Å². The first kappa shape index (κ1) is 35.5. The highest BCUT2D eigenvalue weighted by Gasteiger charge is 2.16. The summed E-state index contributed by atoms with van der Waals surface area (Å²) in [6, 6.07) is 18.4. The summed E-state index contributed by atoms with van der Waals surface area (Å²) in [6.07, 6.45) is 11.8. The lowest BCUT2D eigenvalue weighted by Gasteiger charge is -2.21. The monoisotopic (exact) mass is 678 g/mol. The van der Waals surface area contributed by atoms with Gasteiger partial charge in [-0.1, -0.05) is 66.2 Å². The number of thiophene rings is 4. The summed E-state index contributed by atoms with van der Waals surface area (Å²) in [7, 11) is 0. The number of ether oxygens (including phenoxy) is 2. The molecule has 0 radical (unpaired) electrons. The van der Waals surface area contributed by atoms with Gasteiger partial charge >= 0.3 is 0 Å². The number of aryl methyl sites for hydroxylation is 2. The predicted octanol–water partition coefficient (Wildman–Crippen LogP) is 13.8. The van der Waals surface area contributed by atoms with Gasteiger partial charge in [0.1, 0.15) is 5.76 Å². The van der Waals surface area contributed by atoms with Crippen LogP contribution in [0.3, 0.4) is 0 Å². The third kappa shape index (κ3) is 11.4. The van der Waals surface area contributed by atoms with Crippen LogP contribution in [0.1, 0.15) is 88.8 Å². The zero-order valence-electron chi connectivity index (χ0n) is 27.7. The molecule has 4 aromatic rings. The third-order valence-corrected chi connectivity index (χ3v) is 12.8. The summed E-state index contributed by atoms with van der Waals surface area (Å²) < 4.78 is 11.4. The smallest absolute Gasteiger partial charge is 0.114 e. The van der Waals surface area contributed by atoms with Crippen molar-refractivity contribution in [3.63, 3.8) is 0 Å². The maximum atomic E-state index is 5.82. The van der Waals surface area contributed by atoms with Gasteiger partial charge in [-0.2, -0.15) is 0 Å². The molecule has 0 unspecified atom stereocenters. The van der Waals surface area contributed by atoms with Gasteiger partial charge in [0.05, 0.1) is 19.0 Å². The van der Waals surface area contributed by atoms with Crippen molar-refractivity contribution in [3.05, 3.63) is 95.1 Å². The maximum Gasteiger partial charge on any atom is 0.114 e. The van der Waals surface area contributed by atoms with Crippen molar-refractivity contribution in [2.75, 3.05) is 13.2 Å². The first-order valence-electron chi connectivity index (χ1n) is 16.3. The molecule has 242 valence electrons. The number of hydrogen-bond acceptors (Lipinski definition) is 6. The van der Waals surface area contributed by atoms with E-state index < -0.39 is 0 Å². The summed E-state index contributed by atoms with van der Waals surface area (Å²) >= 11 is 7.73. The summed E-state index contributed by atoms with van der Waals surface area (Å²) in [5.41, 5.74) is 0.939. The lowest BCUT2D eigenvalue weighted by atomic mass is 9.95. The van der Waals surface area contributed by atoms with Gasteiger partial charge in [0.2, 0.25) is 0 Å². The highest BCUT2D eigenvalue weighted by molar-refractivity contribution is 7.28. The lowest BCUT2D eigenvalue weighted by molar-refractivity contribution is 0.149. The van der Waals surface area contributed by atoms with Gasteiger partial charge in [0, 0.05) is 44.4 Å². The van der Waals surface area contributed by atoms with Crippen molar-refractivity contribution in [3.8, 4) is 29.3 Å². The van der Waals surface area contributed by atoms with Crippen molar-refractivity contribution in [1.29, 1.82) is 0 Å². The van der Waals surface area contributed by atoms with Crippen molar-refractivity contribution >= 4 is 45.3 Å². The SMILES string of the molecule is C=C(C)C(=C)OCCCCCCc1ccc(-c2ccc(-c3ccc(-c4ccc(CCCCCCOC(=C)C(C)(C)C)s4)s3)s2)s1. The van der Waals surface area contributed by atoms with E-state index in [1.807, 2.05) is 52.3 Å². The fourth-order valence-electron chi connectivity index (χ4n) is 4.74. The van der Waals surface area contributed by atoms with E-state index in [0.717, 1.165) is 50.2 Å². The zero-order valence-corrected chi connectivity index (χ0v) is 30.9. The Morgan fingerprint density at radius 2 is 0.911 bits per heavy atom. The van der Waals surface area contributed by atoms with Crippen LogP contribution in [0.5, 0.6) is 0 Å². The number of unbranched alkanes of at least 4 members (excludes halogenated alkanes) is 6. The molecular weight excluding hydrogens is 629 g/mol. The zero-order chi connectivity index (χ0) is 32.2. The Kier molecular flexibility index (Phi) is 13.8. The van der Waals surface area contributed by atoms with E-state index in [1.54, 1.807) is 0 Å². The molecule has 0 atom stereocenters. The van der Waals surface area contributed by atoms with Crippen LogP contribution in [0, 0.1) is 5.41 Å². The minimum atomic E-state index is 0.0286. The fourth-order valence-corrected chi connectivity index (χ4v) is 9.12. The molecule has 4 aromatic heterocycles. The van der Waals surface area contributed by atoms with Gasteiger partial charge in [0.25, 0.3) is 0 Å². The molecule has 0 spiro atoms. The number of rotatable bonds is 20. The maximum absolute atomic E-state index is 5.82. The summed E-state index contributed by atoms with van der Waals surface area (Å²) in [6.45, 7) is 21.7. The molecule has 0 amide bonds. The normalized spacial score (nSPS) is 11.6. The van der Waals surface area contributed by atoms with Crippen molar-refractivity contribution in [1.82, 2.24) is 0 Å². The third-order valence-electron chi connectivity index (χ3n) is 7.76. The number of allylic oxidation sites excluding steroid dienone is 2. The molecule has 4 rings (SSSR count). The van der Waals surface area contributed by atoms with Gasteiger partial charge in [0.15, 0.2) is 0 Å². The van der Waals surface area contributed by atoms with Crippen molar-refractivity contribution < 1.29 is 9.47 Å². The quantitative estimate of drug-likeness (QED) is 0.0526. The molecule has 0 aliphatic rings. The van der Waals surface area contributed by atoms with Crippen LogP contribution >= 0.6 is 45.3 Å². The van der Waals surface area contributed by atoms with Crippen LogP contribution in [-0.2, 0) is 22.3 Å². The van der Waals surface area contributed by atoms with Crippen LogP contribution in [0.2, 0.25) is 0 Å². The molecule has 0 saturated carbocycles. The minimum Gasteiger partial charge on any atom is -0.498 e. The van der Waals surface area contributed by atoms with Gasteiger partial charge in [-0.3, -0.25) is 0 Å². The first-order chi connectivity index (χ1) is 21.6. The average Bonchev–Trinajstić information content (AvgIpc) is 3.82. The number of hydrogen-bond donors (Lipinski definition) is 0. The van der Waals surface area contributed by atoms with Gasteiger partial charge in [-0.25, -0.2) is 0 Å². The van der Waals surface area contributed by atoms with Crippen LogP contribution in [0.25, 0.3) is 29.3 Å². The van der Waals surface area contributed by atoms with Gasteiger partial charge in [-0.15, -0.1) is 45.3 Å². The second-order valence-electron chi connectivity index (χ2n) is 12.8. The highest BCUT2D eigenvalue weighted by atomic mass is 32.1. The lowest BCUT2D eigenvalue weighted by Crippen LogP contribution is -2.11. The minimum absolute atomic E-state index is 0.0286. The van der Waals surface area contributed by atoms with E-state index in [4.69, 9.17) is 9.47 Å². The first-order valence-corrected chi connectivity index (χ1v) is 19.5. The molecular formula is C39H50O2S4. The molecule has 6 heteroatoms. The molecule has 2 nitrogen and oxygen atoms in total. The van der Waals surface area contributed by atoms with Crippen LogP contribution in [0.15, 0.2) is 85.4 Å². The second-order valence-corrected chi connectivity index (χ2v) is 17.3. The van der Waals surface area contributed by atoms with Gasteiger partial charge < -0.3 is 9.47 Å². The Hall–Kier alpha value is -2.38. The Morgan fingerprint density at radius 3 is 1.33 bits per heavy atom. The highest BCUT2D eigenvalue weighted by Crippen LogP contribution is 2.43. The molecule has 0 bridgehead atoms. The van der Waals surface area contributed by atoms with E-state index in [1.165, 1.54) is 77.5 Å². The molecule has 0 aromatic carbocycles.